The summed E-state index contributed by atoms with van der Waals surface area (Å²) < 4.78 is 7.49. The summed E-state index contributed by atoms with van der Waals surface area (Å²) in [5, 5.41) is 3.71. The normalized spacial score (nSPS) is 13.9. The van der Waals surface area contributed by atoms with Crippen LogP contribution in [-0.4, -0.2) is 64.7 Å². The van der Waals surface area contributed by atoms with Crippen LogP contribution in [0.5, 0.6) is 0 Å². The van der Waals surface area contributed by atoms with Crippen LogP contribution < -0.4 is 5.32 Å². The van der Waals surface area contributed by atoms with E-state index in [-0.39, 0.29) is 13.0 Å². The van der Waals surface area contributed by atoms with E-state index in [4.69, 9.17) is 9.57 Å². The van der Waals surface area contributed by atoms with Crippen molar-refractivity contribution in [3.05, 3.63) is 78.6 Å². The van der Waals surface area contributed by atoms with E-state index in [1.165, 1.54) is 5.56 Å². The first-order chi connectivity index (χ1) is 18.1. The summed E-state index contributed by atoms with van der Waals surface area (Å²) in [6.45, 7) is 6.59. The third-order valence-electron chi connectivity index (χ3n) is 6.38. The molecule has 3 heterocycles. The van der Waals surface area contributed by atoms with Crippen LogP contribution in [-0.2, 0) is 20.9 Å². The molecule has 1 aliphatic rings. The molecule has 0 unspecified atom stereocenters. The number of ether oxygens (including phenoxy) is 1. The minimum absolute atomic E-state index is 0.229. The van der Waals surface area contributed by atoms with Crippen LogP contribution in [0.3, 0.4) is 0 Å². The van der Waals surface area contributed by atoms with Crippen LogP contribution >= 0.6 is 0 Å². The van der Waals surface area contributed by atoms with E-state index < -0.39 is 6.03 Å². The van der Waals surface area contributed by atoms with Crippen molar-refractivity contribution >= 4 is 23.8 Å². The van der Waals surface area contributed by atoms with Gasteiger partial charge in [0.2, 0.25) is 0 Å². The number of amides is 2. The quantitative estimate of drug-likeness (QED) is 0.285. The number of carbonyl (C=O) groups excluding carboxylic acids is 2. The van der Waals surface area contributed by atoms with E-state index in [0.29, 0.717) is 5.69 Å². The number of pyridine rings is 1. The van der Waals surface area contributed by atoms with E-state index in [1.54, 1.807) is 13.0 Å². The molecule has 1 N–H and O–H groups in total. The molecule has 4 aromatic rings. The summed E-state index contributed by atoms with van der Waals surface area (Å²) in [4.78, 5) is 34.7. The molecule has 2 aromatic carbocycles. The van der Waals surface area contributed by atoms with Gasteiger partial charge < -0.3 is 14.9 Å². The number of hydroxylamine groups is 2. The lowest BCUT2D eigenvalue weighted by molar-refractivity contribution is -0.158. The molecule has 190 valence electrons. The van der Waals surface area contributed by atoms with Gasteiger partial charge in [-0.15, -0.1) is 0 Å². The first kappa shape index (κ1) is 24.5. The molecule has 2 aromatic heterocycles. The van der Waals surface area contributed by atoms with Crippen molar-refractivity contribution in [3.8, 4) is 22.4 Å². The van der Waals surface area contributed by atoms with E-state index in [9.17, 15) is 9.59 Å². The van der Waals surface area contributed by atoms with Crippen molar-refractivity contribution in [2.45, 2.75) is 13.5 Å². The second kappa shape index (κ2) is 11.2. The number of benzene rings is 2. The van der Waals surface area contributed by atoms with Gasteiger partial charge in [-0.25, -0.2) is 9.78 Å². The van der Waals surface area contributed by atoms with Crippen molar-refractivity contribution in [2.24, 2.45) is 0 Å². The number of nitrogens with zero attached hydrogens (tertiary/aromatic N) is 4. The Labute approximate surface area is 215 Å². The molecule has 1 saturated heterocycles. The number of nitrogens with one attached hydrogen (secondary N) is 1. The van der Waals surface area contributed by atoms with Gasteiger partial charge >= 0.3 is 12.5 Å². The Morgan fingerprint density at radius 3 is 2.68 bits per heavy atom. The van der Waals surface area contributed by atoms with Gasteiger partial charge in [-0.3, -0.25) is 14.1 Å². The molecule has 0 spiro atoms. The average Bonchev–Trinajstić information content (AvgIpc) is 3.36. The maximum absolute atomic E-state index is 12.4. The molecule has 2 amide bonds. The summed E-state index contributed by atoms with van der Waals surface area (Å²) in [6, 6.07) is 19.7. The summed E-state index contributed by atoms with van der Waals surface area (Å²) >= 11 is 0. The largest absolute Gasteiger partial charge is 0.379 e. The van der Waals surface area contributed by atoms with E-state index in [1.807, 2.05) is 35.0 Å². The fraction of sp³-hybridized carbons (Fsp3) is 0.250. The second-order valence-electron chi connectivity index (χ2n) is 8.78. The number of aromatic nitrogens is 2. The van der Waals surface area contributed by atoms with Crippen molar-refractivity contribution in [2.75, 3.05) is 38.2 Å². The lowest BCUT2D eigenvalue weighted by atomic mass is 10.0. The van der Waals surface area contributed by atoms with Gasteiger partial charge in [0.1, 0.15) is 5.65 Å². The number of fused-ring (bicyclic) bond motifs is 1. The Morgan fingerprint density at radius 1 is 1.08 bits per heavy atom. The highest BCUT2D eigenvalue weighted by atomic mass is 16.7. The number of hydrogen-bond donors (Lipinski definition) is 1. The molecule has 1 aliphatic heterocycles. The lowest BCUT2D eigenvalue weighted by Crippen LogP contribution is -2.35. The summed E-state index contributed by atoms with van der Waals surface area (Å²) in [6.07, 6.45) is 3.84. The van der Waals surface area contributed by atoms with Crippen LogP contribution in [0, 0.1) is 0 Å². The number of morpholine rings is 1. The van der Waals surface area contributed by atoms with Crippen LogP contribution in [0.4, 0.5) is 10.5 Å². The number of hydrogen-bond acceptors (Lipinski definition) is 6. The Morgan fingerprint density at radius 2 is 1.86 bits per heavy atom. The number of urea groups is 1. The third kappa shape index (κ3) is 5.63. The summed E-state index contributed by atoms with van der Waals surface area (Å²) in [5.41, 5.74) is 6.74. The Kier molecular flexibility index (Phi) is 7.43. The van der Waals surface area contributed by atoms with Gasteiger partial charge in [0.05, 0.1) is 31.6 Å². The van der Waals surface area contributed by atoms with Crippen LogP contribution in [0.25, 0.3) is 28.0 Å². The first-order valence-corrected chi connectivity index (χ1v) is 12.3. The highest BCUT2D eigenvalue weighted by Gasteiger charge is 2.15. The average molecular weight is 500 g/mol. The second-order valence-corrected chi connectivity index (χ2v) is 8.78. The number of anilines is 1. The van der Waals surface area contributed by atoms with Crippen LogP contribution in [0.1, 0.15) is 12.5 Å². The standard InChI is InChI=1S/C28H29N5O4/c1-2-33(37-20-34)28(35)30-25-8-4-7-24(16-25)26-18-29-27-17-23(9-10-32(26)27)22-6-3-5-21(15-22)19-31-11-13-36-14-12-31/h3-10,15-18,20H,2,11-14,19H2,1H3,(H,30,35). The zero-order valence-corrected chi connectivity index (χ0v) is 20.7. The van der Waals surface area contributed by atoms with Crippen molar-refractivity contribution in [3.63, 3.8) is 0 Å². The lowest BCUT2D eigenvalue weighted by Gasteiger charge is -2.26. The highest BCUT2D eigenvalue weighted by molar-refractivity contribution is 5.89. The van der Waals surface area contributed by atoms with Crippen LogP contribution in [0.2, 0.25) is 0 Å². The summed E-state index contributed by atoms with van der Waals surface area (Å²) in [5.74, 6) is 0. The number of imidazole rings is 1. The van der Waals surface area contributed by atoms with Gasteiger partial charge in [0.25, 0.3) is 0 Å². The molecule has 0 bridgehead atoms. The molecular formula is C28H29N5O4. The van der Waals surface area contributed by atoms with Gasteiger partial charge in [-0.1, -0.05) is 30.3 Å². The molecule has 5 rings (SSSR count). The predicted molar refractivity (Wildman–Crippen MR) is 141 cm³/mol. The topological polar surface area (TPSA) is 88.4 Å². The molecule has 0 saturated carbocycles. The van der Waals surface area contributed by atoms with Gasteiger partial charge in [0, 0.05) is 37.1 Å². The molecule has 37 heavy (non-hydrogen) atoms. The van der Waals surface area contributed by atoms with Crippen molar-refractivity contribution < 1.29 is 19.2 Å². The Bertz CT molecular complexity index is 1400. The zero-order chi connectivity index (χ0) is 25.6. The SMILES string of the molecule is CCN(OC=O)C(=O)Nc1cccc(-c2cnc3cc(-c4cccc(CN5CCOCC5)c4)ccn23)c1. The van der Waals surface area contributed by atoms with Gasteiger partial charge in [-0.2, -0.15) is 5.06 Å². The van der Waals surface area contributed by atoms with E-state index in [2.05, 4.69) is 51.6 Å². The smallest absolute Gasteiger partial charge is 0.355 e. The first-order valence-electron chi connectivity index (χ1n) is 12.3. The molecular weight excluding hydrogens is 470 g/mol. The fourth-order valence-electron chi connectivity index (χ4n) is 4.50. The Hall–Kier alpha value is -4.21. The summed E-state index contributed by atoms with van der Waals surface area (Å²) in [7, 11) is 0. The van der Waals surface area contributed by atoms with Crippen LogP contribution in [0.15, 0.2) is 73.1 Å². The monoisotopic (exact) mass is 499 g/mol. The minimum Gasteiger partial charge on any atom is -0.379 e. The number of carbonyl (C=O) groups is 2. The fourth-order valence-corrected chi connectivity index (χ4v) is 4.50. The zero-order valence-electron chi connectivity index (χ0n) is 20.7. The maximum atomic E-state index is 12.4. The van der Waals surface area contributed by atoms with Gasteiger partial charge in [0.15, 0.2) is 0 Å². The molecule has 0 radical (unpaired) electrons. The van der Waals surface area contributed by atoms with Crippen molar-refractivity contribution in [1.82, 2.24) is 19.3 Å². The Balaban J connectivity index is 1.36. The third-order valence-corrected chi connectivity index (χ3v) is 6.38. The minimum atomic E-state index is -0.523. The van der Waals surface area contributed by atoms with E-state index in [0.717, 1.165) is 65.9 Å². The number of rotatable bonds is 8. The van der Waals surface area contributed by atoms with Gasteiger partial charge in [-0.05, 0) is 53.9 Å². The molecule has 9 nitrogen and oxygen atoms in total. The highest BCUT2D eigenvalue weighted by Crippen LogP contribution is 2.27. The molecule has 0 atom stereocenters. The molecule has 1 fully saturated rings. The van der Waals surface area contributed by atoms with Crippen molar-refractivity contribution in [1.29, 1.82) is 0 Å². The maximum Gasteiger partial charge on any atom is 0.355 e. The van der Waals surface area contributed by atoms with E-state index >= 15 is 0 Å². The molecule has 9 heteroatoms. The predicted octanol–water partition coefficient (Wildman–Crippen LogP) is 4.44. The molecule has 0 aliphatic carbocycles.